The van der Waals surface area contributed by atoms with Crippen LogP contribution in [0.25, 0.3) is 0 Å². The number of benzene rings is 2. The molecule has 8 heteroatoms. The zero-order chi connectivity index (χ0) is 19.4. The van der Waals surface area contributed by atoms with Gasteiger partial charge in [0.05, 0.1) is 16.8 Å². The molecular weight excluding hydrogens is 409 g/mol. The Kier molecular flexibility index (Phi) is 6.09. The average molecular weight is 426 g/mol. The third kappa shape index (κ3) is 5.25. The Bertz CT molecular complexity index is 961. The van der Waals surface area contributed by atoms with Crippen molar-refractivity contribution in [2.45, 2.75) is 12.6 Å². The standard InChI is InChI=1S/C19H17Cl2NO4S/c20-15-6-7-18(17(21)10-15)26-12-19(23)22(11-14-4-2-1-3-5-14)16-8-9-27(24,25)13-16/h1-10,16H,11-13H2. The van der Waals surface area contributed by atoms with Crippen molar-refractivity contribution in [3.63, 3.8) is 0 Å². The van der Waals surface area contributed by atoms with E-state index in [1.807, 2.05) is 30.3 Å². The number of hydrogen-bond acceptors (Lipinski definition) is 4. The number of carbonyl (C=O) groups excluding carboxylic acids is 1. The lowest BCUT2D eigenvalue weighted by atomic mass is 10.2. The predicted octanol–water partition coefficient (Wildman–Crippen LogP) is 3.71. The van der Waals surface area contributed by atoms with Crippen LogP contribution >= 0.6 is 23.2 Å². The summed E-state index contributed by atoms with van der Waals surface area (Å²) < 4.78 is 29.1. The molecule has 0 aliphatic carbocycles. The van der Waals surface area contributed by atoms with Crippen LogP contribution < -0.4 is 4.74 Å². The van der Waals surface area contributed by atoms with Crippen molar-refractivity contribution in [3.05, 3.63) is 75.6 Å². The maximum atomic E-state index is 12.8. The number of nitrogens with zero attached hydrogens (tertiary/aromatic N) is 1. The zero-order valence-corrected chi connectivity index (χ0v) is 16.5. The third-order valence-corrected chi connectivity index (χ3v) is 5.98. The summed E-state index contributed by atoms with van der Waals surface area (Å²) >= 11 is 11.9. The average Bonchev–Trinajstić information content (AvgIpc) is 2.99. The molecule has 2 aromatic rings. The first-order valence-corrected chi connectivity index (χ1v) is 10.6. The van der Waals surface area contributed by atoms with Gasteiger partial charge in [-0.25, -0.2) is 8.42 Å². The molecular formula is C19H17Cl2NO4S. The van der Waals surface area contributed by atoms with E-state index >= 15 is 0 Å². The van der Waals surface area contributed by atoms with Crippen molar-refractivity contribution >= 4 is 38.9 Å². The van der Waals surface area contributed by atoms with E-state index in [-0.39, 0.29) is 24.8 Å². The van der Waals surface area contributed by atoms with E-state index in [0.717, 1.165) is 11.0 Å². The van der Waals surface area contributed by atoms with Crippen LogP contribution in [0, 0.1) is 0 Å². The number of carbonyl (C=O) groups is 1. The van der Waals surface area contributed by atoms with Gasteiger partial charge >= 0.3 is 0 Å². The molecule has 2 aromatic carbocycles. The Labute approximate surface area is 168 Å². The molecule has 142 valence electrons. The van der Waals surface area contributed by atoms with Crippen molar-refractivity contribution in [1.82, 2.24) is 4.90 Å². The quantitative estimate of drug-likeness (QED) is 0.707. The smallest absolute Gasteiger partial charge is 0.261 e. The molecule has 1 atom stereocenters. The second-order valence-electron chi connectivity index (χ2n) is 6.10. The summed E-state index contributed by atoms with van der Waals surface area (Å²) in [7, 11) is -3.30. The first kappa shape index (κ1) is 19.7. The lowest BCUT2D eigenvalue weighted by molar-refractivity contribution is -0.135. The van der Waals surface area contributed by atoms with Crippen LogP contribution in [0.15, 0.2) is 60.0 Å². The van der Waals surface area contributed by atoms with Crippen LogP contribution in [-0.4, -0.2) is 37.6 Å². The van der Waals surface area contributed by atoms with Crippen molar-refractivity contribution in [1.29, 1.82) is 0 Å². The van der Waals surface area contributed by atoms with Gasteiger partial charge in [0.2, 0.25) is 0 Å². The molecule has 0 radical (unpaired) electrons. The molecule has 0 saturated carbocycles. The SMILES string of the molecule is O=C(COc1ccc(Cl)cc1Cl)N(Cc1ccccc1)C1C=CS(=O)(=O)C1. The number of halogens is 2. The third-order valence-electron chi connectivity index (χ3n) is 4.07. The van der Waals surface area contributed by atoms with E-state index in [0.29, 0.717) is 15.8 Å². The van der Waals surface area contributed by atoms with Gasteiger partial charge in [-0.05, 0) is 29.8 Å². The fourth-order valence-electron chi connectivity index (χ4n) is 2.74. The molecule has 1 aliphatic heterocycles. The fraction of sp³-hybridized carbons (Fsp3) is 0.211. The Balaban J connectivity index is 1.75. The Morgan fingerprint density at radius 2 is 1.89 bits per heavy atom. The highest BCUT2D eigenvalue weighted by molar-refractivity contribution is 7.94. The van der Waals surface area contributed by atoms with Crippen molar-refractivity contribution < 1.29 is 17.9 Å². The molecule has 0 bridgehead atoms. The summed E-state index contributed by atoms with van der Waals surface area (Å²) in [4.78, 5) is 14.3. The maximum Gasteiger partial charge on any atom is 0.261 e. The summed E-state index contributed by atoms with van der Waals surface area (Å²) in [5, 5.41) is 1.92. The van der Waals surface area contributed by atoms with E-state index in [9.17, 15) is 13.2 Å². The number of ether oxygens (including phenoxy) is 1. The van der Waals surface area contributed by atoms with Crippen LogP contribution in [0.2, 0.25) is 10.0 Å². The van der Waals surface area contributed by atoms with Crippen LogP contribution in [0.1, 0.15) is 5.56 Å². The molecule has 1 amide bonds. The summed E-state index contributed by atoms with van der Waals surface area (Å²) in [5.41, 5.74) is 0.896. The van der Waals surface area contributed by atoms with Crippen LogP contribution in [-0.2, 0) is 21.2 Å². The highest BCUT2D eigenvalue weighted by atomic mass is 35.5. The van der Waals surface area contributed by atoms with E-state index in [4.69, 9.17) is 27.9 Å². The highest BCUT2D eigenvalue weighted by Gasteiger charge is 2.30. The summed E-state index contributed by atoms with van der Waals surface area (Å²) in [6.07, 6.45) is 1.53. The van der Waals surface area contributed by atoms with E-state index in [1.54, 1.807) is 12.1 Å². The molecule has 0 saturated heterocycles. The molecule has 3 rings (SSSR count). The molecule has 0 spiro atoms. The summed E-state index contributed by atoms with van der Waals surface area (Å²) in [5.74, 6) is -0.131. The van der Waals surface area contributed by atoms with Crippen molar-refractivity contribution in [3.8, 4) is 5.75 Å². The van der Waals surface area contributed by atoms with Crippen LogP contribution in [0.4, 0.5) is 0 Å². The highest BCUT2D eigenvalue weighted by Crippen LogP contribution is 2.27. The van der Waals surface area contributed by atoms with Gasteiger partial charge in [-0.1, -0.05) is 53.5 Å². The largest absolute Gasteiger partial charge is 0.482 e. The molecule has 1 heterocycles. The first-order valence-electron chi connectivity index (χ1n) is 8.16. The van der Waals surface area contributed by atoms with Crippen molar-refractivity contribution in [2.24, 2.45) is 0 Å². The molecule has 1 unspecified atom stereocenters. The second-order valence-corrected chi connectivity index (χ2v) is 8.87. The van der Waals surface area contributed by atoms with Gasteiger partial charge < -0.3 is 9.64 Å². The lowest BCUT2D eigenvalue weighted by Gasteiger charge is -2.27. The van der Waals surface area contributed by atoms with Crippen LogP contribution in [0.5, 0.6) is 5.75 Å². The minimum absolute atomic E-state index is 0.132. The lowest BCUT2D eigenvalue weighted by Crippen LogP contribution is -2.42. The Morgan fingerprint density at radius 3 is 2.52 bits per heavy atom. The minimum Gasteiger partial charge on any atom is -0.482 e. The van der Waals surface area contributed by atoms with Gasteiger partial charge in [-0.3, -0.25) is 4.79 Å². The molecule has 0 fully saturated rings. The summed E-state index contributed by atoms with van der Waals surface area (Å²) in [6, 6.07) is 13.5. The Morgan fingerprint density at radius 1 is 1.15 bits per heavy atom. The van der Waals surface area contributed by atoms with E-state index in [2.05, 4.69) is 0 Å². The number of amides is 1. The Hall–Kier alpha value is -2.02. The summed E-state index contributed by atoms with van der Waals surface area (Å²) in [6.45, 7) is 0.0144. The van der Waals surface area contributed by atoms with Gasteiger partial charge in [0, 0.05) is 17.0 Å². The van der Waals surface area contributed by atoms with Crippen LogP contribution in [0.3, 0.4) is 0 Å². The molecule has 0 N–H and O–H groups in total. The van der Waals surface area contributed by atoms with Gasteiger partial charge in [0.1, 0.15) is 5.75 Å². The number of sulfone groups is 1. The monoisotopic (exact) mass is 425 g/mol. The second kappa shape index (κ2) is 8.33. The van der Waals surface area contributed by atoms with Gasteiger partial charge in [-0.15, -0.1) is 0 Å². The molecule has 1 aliphatic rings. The fourth-order valence-corrected chi connectivity index (χ4v) is 4.50. The predicted molar refractivity (Wildman–Crippen MR) is 106 cm³/mol. The minimum atomic E-state index is -3.30. The molecule has 0 aromatic heterocycles. The van der Waals surface area contributed by atoms with E-state index < -0.39 is 15.9 Å². The number of hydrogen-bond donors (Lipinski definition) is 0. The normalized spacial score (nSPS) is 17.6. The van der Waals surface area contributed by atoms with E-state index in [1.165, 1.54) is 17.0 Å². The molecule has 5 nitrogen and oxygen atoms in total. The molecule has 27 heavy (non-hydrogen) atoms. The van der Waals surface area contributed by atoms with Crippen molar-refractivity contribution in [2.75, 3.05) is 12.4 Å². The van der Waals surface area contributed by atoms with Gasteiger partial charge in [-0.2, -0.15) is 0 Å². The van der Waals surface area contributed by atoms with Gasteiger partial charge in [0.15, 0.2) is 16.4 Å². The number of rotatable bonds is 6. The van der Waals surface area contributed by atoms with Gasteiger partial charge in [0.25, 0.3) is 5.91 Å². The first-order chi connectivity index (χ1) is 12.8. The zero-order valence-electron chi connectivity index (χ0n) is 14.2. The maximum absolute atomic E-state index is 12.8. The topological polar surface area (TPSA) is 63.7 Å².